The molecule has 0 aliphatic heterocycles. The molecule has 0 fully saturated rings. The Morgan fingerprint density at radius 1 is 1.47 bits per heavy atom. The van der Waals surface area contributed by atoms with Crippen molar-refractivity contribution in [2.75, 3.05) is 0 Å². The molecule has 0 radical (unpaired) electrons. The van der Waals surface area contributed by atoms with Gasteiger partial charge in [-0.3, -0.25) is 9.78 Å². The lowest BCUT2D eigenvalue weighted by Crippen LogP contribution is -2.15. The number of primary amides is 1. The Bertz CT molecular complexity index is 363. The lowest BCUT2D eigenvalue weighted by atomic mass is 10.1. The van der Waals surface area contributed by atoms with Crippen LogP contribution < -0.4 is 5.73 Å². The summed E-state index contributed by atoms with van der Waals surface area (Å²) in [5.41, 5.74) is 3.90. The average Bonchev–Trinajstić information content (AvgIpc) is 2.13. The maximum absolute atomic E-state index is 12.4. The van der Waals surface area contributed by atoms with Gasteiger partial charge in [0.2, 0.25) is 5.91 Å². The number of carbonyl (C=O) groups excluding carboxylic acids is 1. The third kappa shape index (κ3) is 3.23. The van der Waals surface area contributed by atoms with Gasteiger partial charge in [-0.05, 0) is 18.1 Å². The monoisotopic (exact) mass is 218 g/mol. The van der Waals surface area contributed by atoms with Crippen LogP contribution in [0.15, 0.2) is 18.3 Å². The molecule has 82 valence electrons. The van der Waals surface area contributed by atoms with E-state index < -0.39 is 17.8 Å². The van der Waals surface area contributed by atoms with Crippen LogP contribution in [0, 0.1) is 0 Å². The smallest absolute Gasteiger partial charge is 0.370 e. The fourth-order valence-electron chi connectivity index (χ4n) is 1.15. The number of nitrogens with zero attached hydrogens (tertiary/aromatic N) is 1. The van der Waals surface area contributed by atoms with Crippen LogP contribution in [-0.4, -0.2) is 10.9 Å². The summed E-state index contributed by atoms with van der Waals surface area (Å²) in [5, 5.41) is 0. The maximum Gasteiger partial charge on any atom is 0.433 e. The Morgan fingerprint density at radius 3 is 2.67 bits per heavy atom. The zero-order valence-corrected chi connectivity index (χ0v) is 7.71. The lowest BCUT2D eigenvalue weighted by Gasteiger charge is -2.10. The first-order valence-electron chi connectivity index (χ1n) is 4.20. The van der Waals surface area contributed by atoms with E-state index in [1.54, 1.807) is 0 Å². The second-order valence-corrected chi connectivity index (χ2v) is 2.98. The first-order valence-corrected chi connectivity index (χ1v) is 4.20. The summed E-state index contributed by atoms with van der Waals surface area (Å²) in [6, 6.07) is 2.68. The number of rotatable bonds is 3. The van der Waals surface area contributed by atoms with Crippen LogP contribution >= 0.6 is 0 Å². The molecule has 1 rings (SSSR count). The molecular formula is C9H9F3N2O. The fraction of sp³-hybridized carbons (Fsp3) is 0.333. The van der Waals surface area contributed by atoms with E-state index in [9.17, 15) is 18.0 Å². The molecule has 0 unspecified atom stereocenters. The summed E-state index contributed by atoms with van der Waals surface area (Å²) in [4.78, 5) is 13.7. The van der Waals surface area contributed by atoms with Gasteiger partial charge in [-0.1, -0.05) is 6.07 Å². The van der Waals surface area contributed by atoms with Crippen LogP contribution in [0.5, 0.6) is 0 Å². The number of aromatic nitrogens is 1. The highest BCUT2D eigenvalue weighted by Crippen LogP contribution is 2.30. The minimum atomic E-state index is -4.49. The number of alkyl halides is 3. The van der Waals surface area contributed by atoms with Gasteiger partial charge in [0.15, 0.2) is 0 Å². The lowest BCUT2D eigenvalue weighted by molar-refractivity contribution is -0.142. The number of hydrogen-bond donors (Lipinski definition) is 1. The molecule has 1 aromatic rings. The third-order valence-corrected chi connectivity index (χ3v) is 1.80. The van der Waals surface area contributed by atoms with Gasteiger partial charge in [-0.2, -0.15) is 13.2 Å². The highest BCUT2D eigenvalue weighted by molar-refractivity contribution is 5.74. The van der Waals surface area contributed by atoms with Crippen molar-refractivity contribution < 1.29 is 18.0 Å². The second-order valence-electron chi connectivity index (χ2n) is 2.98. The number of halogens is 3. The molecule has 0 bridgehead atoms. The van der Waals surface area contributed by atoms with Gasteiger partial charge in [0.25, 0.3) is 0 Å². The molecule has 6 heteroatoms. The highest BCUT2D eigenvalue weighted by atomic mass is 19.4. The molecule has 1 amide bonds. The molecule has 3 nitrogen and oxygen atoms in total. The molecule has 0 atom stereocenters. The second kappa shape index (κ2) is 4.29. The quantitative estimate of drug-likeness (QED) is 0.836. The first kappa shape index (κ1) is 11.5. The summed E-state index contributed by atoms with van der Waals surface area (Å²) in [7, 11) is 0. The predicted octanol–water partition coefficient (Wildman–Crippen LogP) is 1.52. The predicted molar refractivity (Wildman–Crippen MR) is 46.8 cm³/mol. The van der Waals surface area contributed by atoms with Gasteiger partial charge in [0.1, 0.15) is 5.69 Å². The van der Waals surface area contributed by atoms with Crippen molar-refractivity contribution in [3.05, 3.63) is 29.6 Å². The Hall–Kier alpha value is -1.59. The normalized spacial score (nSPS) is 11.4. The molecule has 1 heterocycles. The van der Waals surface area contributed by atoms with Crippen molar-refractivity contribution in [2.45, 2.75) is 19.0 Å². The summed E-state index contributed by atoms with van der Waals surface area (Å²) in [6.45, 7) is 0. The van der Waals surface area contributed by atoms with E-state index in [2.05, 4.69) is 4.98 Å². The largest absolute Gasteiger partial charge is 0.433 e. The molecule has 2 N–H and O–H groups in total. The van der Waals surface area contributed by atoms with Crippen LogP contribution in [0.25, 0.3) is 0 Å². The van der Waals surface area contributed by atoms with Gasteiger partial charge >= 0.3 is 6.18 Å². The Morgan fingerprint density at radius 2 is 2.13 bits per heavy atom. The fourth-order valence-corrected chi connectivity index (χ4v) is 1.15. The molecule has 0 saturated carbocycles. The van der Waals surface area contributed by atoms with E-state index in [-0.39, 0.29) is 18.4 Å². The number of carbonyl (C=O) groups is 1. The van der Waals surface area contributed by atoms with Gasteiger partial charge in [0, 0.05) is 12.6 Å². The van der Waals surface area contributed by atoms with Crippen LogP contribution in [0.3, 0.4) is 0 Å². The third-order valence-electron chi connectivity index (χ3n) is 1.80. The molecule has 15 heavy (non-hydrogen) atoms. The number of hydrogen-bond acceptors (Lipinski definition) is 2. The average molecular weight is 218 g/mol. The number of aryl methyl sites for hydroxylation is 1. The van der Waals surface area contributed by atoms with Crippen molar-refractivity contribution in [1.29, 1.82) is 0 Å². The van der Waals surface area contributed by atoms with Crippen LogP contribution in [0.2, 0.25) is 0 Å². The minimum Gasteiger partial charge on any atom is -0.370 e. The van der Waals surface area contributed by atoms with E-state index in [1.165, 1.54) is 12.1 Å². The van der Waals surface area contributed by atoms with E-state index in [1.807, 2.05) is 0 Å². The Balaban J connectivity index is 2.92. The van der Waals surface area contributed by atoms with Crippen molar-refractivity contribution >= 4 is 5.91 Å². The molecular weight excluding hydrogens is 209 g/mol. The van der Waals surface area contributed by atoms with E-state index in [0.29, 0.717) is 0 Å². The Labute approximate surface area is 84.1 Å². The zero-order valence-electron chi connectivity index (χ0n) is 7.71. The van der Waals surface area contributed by atoms with Crippen LogP contribution in [0.1, 0.15) is 17.7 Å². The minimum absolute atomic E-state index is 0.0104. The number of nitrogens with two attached hydrogens (primary N) is 1. The first-order chi connectivity index (χ1) is 6.91. The van der Waals surface area contributed by atoms with E-state index >= 15 is 0 Å². The van der Waals surface area contributed by atoms with Crippen molar-refractivity contribution in [1.82, 2.24) is 4.98 Å². The maximum atomic E-state index is 12.4. The van der Waals surface area contributed by atoms with Gasteiger partial charge in [-0.25, -0.2) is 0 Å². The van der Waals surface area contributed by atoms with Crippen molar-refractivity contribution in [3.8, 4) is 0 Å². The molecule has 0 saturated heterocycles. The van der Waals surface area contributed by atoms with Crippen molar-refractivity contribution in [2.24, 2.45) is 5.73 Å². The van der Waals surface area contributed by atoms with Crippen LogP contribution in [-0.2, 0) is 17.4 Å². The zero-order chi connectivity index (χ0) is 11.5. The van der Waals surface area contributed by atoms with Gasteiger partial charge < -0.3 is 5.73 Å². The van der Waals surface area contributed by atoms with Gasteiger partial charge in [-0.15, -0.1) is 0 Å². The number of amides is 1. The van der Waals surface area contributed by atoms with Gasteiger partial charge in [0.05, 0.1) is 0 Å². The molecule has 0 aliphatic carbocycles. The van der Waals surface area contributed by atoms with Crippen molar-refractivity contribution in [3.63, 3.8) is 0 Å². The van der Waals surface area contributed by atoms with E-state index in [4.69, 9.17) is 5.73 Å². The standard InChI is InChI=1S/C9H9F3N2O/c10-9(11,12)8-6(2-1-5-14-8)3-4-7(13)15/h1-2,5H,3-4H2,(H2,13,15). The van der Waals surface area contributed by atoms with Crippen LogP contribution in [0.4, 0.5) is 13.2 Å². The van der Waals surface area contributed by atoms with E-state index in [0.717, 1.165) is 6.20 Å². The SMILES string of the molecule is NC(=O)CCc1cccnc1C(F)(F)F. The topological polar surface area (TPSA) is 56.0 Å². The number of pyridine rings is 1. The summed E-state index contributed by atoms with van der Waals surface area (Å²) < 4.78 is 37.2. The molecule has 1 aromatic heterocycles. The molecule has 0 aromatic carbocycles. The molecule has 0 spiro atoms. The summed E-state index contributed by atoms with van der Waals surface area (Å²) >= 11 is 0. The Kier molecular flexibility index (Phi) is 3.28. The summed E-state index contributed by atoms with van der Waals surface area (Å²) in [6.07, 6.45) is -3.59. The highest BCUT2D eigenvalue weighted by Gasteiger charge is 2.34. The summed E-state index contributed by atoms with van der Waals surface area (Å²) in [5.74, 6) is -0.632. The molecule has 0 aliphatic rings.